The first-order valence-corrected chi connectivity index (χ1v) is 4.92. The number of ether oxygens (including phenoxy) is 1. The molecule has 0 atom stereocenters. The molecule has 0 fully saturated rings. The molecule has 0 unspecified atom stereocenters. The van der Waals surface area contributed by atoms with Crippen LogP contribution in [0.1, 0.15) is 23.9 Å². The molecule has 0 aromatic carbocycles. The maximum atomic E-state index is 8.51. The third-order valence-electron chi connectivity index (χ3n) is 2.01. The largest absolute Gasteiger partial charge is 0.501 e. The Bertz CT molecular complexity index is 414. The summed E-state index contributed by atoms with van der Waals surface area (Å²) in [4.78, 5) is 4.20. The molecule has 1 aromatic heterocycles. The van der Waals surface area contributed by atoms with Crippen molar-refractivity contribution in [3.05, 3.63) is 35.3 Å². The number of hydrogen-bond donors (Lipinski definition) is 2. The first kappa shape index (κ1) is 12.0. The highest BCUT2D eigenvalue weighted by atomic mass is 16.5. The molecule has 5 heteroatoms. The summed E-state index contributed by atoms with van der Waals surface area (Å²) in [6.07, 6.45) is 3.44. The van der Waals surface area contributed by atoms with Crippen LogP contribution in [0.15, 0.2) is 23.6 Å². The van der Waals surface area contributed by atoms with Gasteiger partial charge in [-0.15, -0.1) is 0 Å². The number of rotatable bonds is 4. The topological polar surface area (TPSA) is 80.7 Å². The smallest absolute Gasteiger partial charge is 0.188 e. The van der Waals surface area contributed by atoms with Crippen molar-refractivity contribution in [3.8, 4) is 0 Å². The highest BCUT2D eigenvalue weighted by Gasteiger charge is 2.03. The first-order valence-electron chi connectivity index (χ1n) is 4.92. The van der Waals surface area contributed by atoms with Crippen LogP contribution < -0.4 is 5.73 Å². The number of pyridine rings is 1. The summed E-state index contributed by atoms with van der Waals surface area (Å²) in [5, 5.41) is 11.4. The average molecular weight is 221 g/mol. The van der Waals surface area contributed by atoms with Crippen LogP contribution in [-0.4, -0.2) is 22.6 Å². The number of aromatic nitrogens is 1. The Morgan fingerprint density at radius 1 is 1.62 bits per heavy atom. The Balaban J connectivity index is 2.92. The van der Waals surface area contributed by atoms with Crippen molar-refractivity contribution < 1.29 is 9.94 Å². The number of amidine groups is 1. The summed E-state index contributed by atoms with van der Waals surface area (Å²) in [5.41, 5.74) is 7.61. The SMILES string of the molecule is CCO/C=C/c1ccc(C(N)=NO)nc1C. The van der Waals surface area contributed by atoms with E-state index in [1.165, 1.54) is 0 Å². The lowest BCUT2D eigenvalue weighted by Gasteiger charge is -2.03. The molecule has 0 spiro atoms. The third kappa shape index (κ3) is 2.98. The molecule has 0 aliphatic heterocycles. The second-order valence-corrected chi connectivity index (χ2v) is 3.11. The van der Waals surface area contributed by atoms with Crippen molar-refractivity contribution in [2.45, 2.75) is 13.8 Å². The van der Waals surface area contributed by atoms with Crippen LogP contribution in [0, 0.1) is 6.92 Å². The molecule has 3 N–H and O–H groups in total. The molecule has 0 saturated heterocycles. The minimum absolute atomic E-state index is 0.00318. The Kier molecular flexibility index (Phi) is 4.32. The van der Waals surface area contributed by atoms with Gasteiger partial charge in [-0.05, 0) is 31.6 Å². The number of nitrogens with two attached hydrogens (primary N) is 1. The molecular weight excluding hydrogens is 206 g/mol. The van der Waals surface area contributed by atoms with Crippen LogP contribution in [0.25, 0.3) is 6.08 Å². The summed E-state index contributed by atoms with van der Waals surface area (Å²) in [6.45, 7) is 4.39. The minimum atomic E-state index is 0.00318. The van der Waals surface area contributed by atoms with Crippen LogP contribution in [0.2, 0.25) is 0 Å². The van der Waals surface area contributed by atoms with Crippen LogP contribution in [0.5, 0.6) is 0 Å². The molecule has 5 nitrogen and oxygen atoms in total. The van der Waals surface area contributed by atoms with Crippen molar-refractivity contribution in [1.82, 2.24) is 4.98 Å². The highest BCUT2D eigenvalue weighted by Crippen LogP contribution is 2.09. The van der Waals surface area contributed by atoms with Crippen LogP contribution in [-0.2, 0) is 4.74 Å². The molecule has 1 heterocycles. The molecule has 86 valence electrons. The monoisotopic (exact) mass is 221 g/mol. The van der Waals surface area contributed by atoms with Crippen LogP contribution in [0.4, 0.5) is 0 Å². The van der Waals surface area contributed by atoms with Crippen molar-refractivity contribution in [2.75, 3.05) is 6.61 Å². The van der Waals surface area contributed by atoms with E-state index in [9.17, 15) is 0 Å². The van der Waals surface area contributed by atoms with Gasteiger partial charge in [0.1, 0.15) is 5.69 Å². The zero-order valence-electron chi connectivity index (χ0n) is 9.34. The molecule has 16 heavy (non-hydrogen) atoms. The van der Waals surface area contributed by atoms with E-state index in [0.717, 1.165) is 11.3 Å². The molecule has 0 amide bonds. The number of nitrogens with zero attached hydrogens (tertiary/aromatic N) is 2. The average Bonchev–Trinajstić information content (AvgIpc) is 2.30. The van der Waals surface area contributed by atoms with Crippen molar-refractivity contribution in [2.24, 2.45) is 10.9 Å². The van der Waals surface area contributed by atoms with Crippen molar-refractivity contribution >= 4 is 11.9 Å². The van der Waals surface area contributed by atoms with E-state index < -0.39 is 0 Å². The Hall–Kier alpha value is -2.04. The van der Waals surface area contributed by atoms with Gasteiger partial charge in [-0.3, -0.25) is 0 Å². The number of oxime groups is 1. The fourth-order valence-corrected chi connectivity index (χ4v) is 1.16. The molecular formula is C11H15N3O2. The lowest BCUT2D eigenvalue weighted by Crippen LogP contribution is -2.15. The van der Waals surface area contributed by atoms with Gasteiger partial charge in [-0.25, -0.2) is 4.98 Å². The third-order valence-corrected chi connectivity index (χ3v) is 2.01. The molecule has 1 rings (SSSR count). The fourth-order valence-electron chi connectivity index (χ4n) is 1.16. The lowest BCUT2D eigenvalue weighted by atomic mass is 10.2. The summed E-state index contributed by atoms with van der Waals surface area (Å²) in [5.74, 6) is 0.00318. The number of aryl methyl sites for hydroxylation is 1. The Labute approximate surface area is 94.2 Å². The zero-order chi connectivity index (χ0) is 12.0. The minimum Gasteiger partial charge on any atom is -0.501 e. The van der Waals surface area contributed by atoms with E-state index in [1.807, 2.05) is 26.0 Å². The van der Waals surface area contributed by atoms with E-state index in [4.69, 9.17) is 15.7 Å². The maximum Gasteiger partial charge on any atom is 0.188 e. The standard InChI is InChI=1S/C11H15N3O2/c1-3-16-7-6-9-4-5-10(11(12)14-15)13-8(9)2/h4-7,15H,3H2,1-2H3,(H2,12,14)/b7-6+. The highest BCUT2D eigenvalue weighted by molar-refractivity contribution is 5.95. The van der Waals surface area contributed by atoms with Gasteiger partial charge in [-0.1, -0.05) is 11.2 Å². The van der Waals surface area contributed by atoms with Gasteiger partial charge in [0.25, 0.3) is 0 Å². The van der Waals surface area contributed by atoms with Gasteiger partial charge in [0.2, 0.25) is 0 Å². The van der Waals surface area contributed by atoms with E-state index >= 15 is 0 Å². The Morgan fingerprint density at radius 2 is 2.38 bits per heavy atom. The lowest BCUT2D eigenvalue weighted by molar-refractivity contribution is 0.272. The molecule has 0 aliphatic carbocycles. The van der Waals surface area contributed by atoms with E-state index in [0.29, 0.717) is 12.3 Å². The van der Waals surface area contributed by atoms with Crippen molar-refractivity contribution in [1.29, 1.82) is 0 Å². The second kappa shape index (κ2) is 5.75. The number of hydrogen-bond acceptors (Lipinski definition) is 4. The van der Waals surface area contributed by atoms with Gasteiger partial charge in [0.15, 0.2) is 5.84 Å². The summed E-state index contributed by atoms with van der Waals surface area (Å²) in [7, 11) is 0. The fraction of sp³-hybridized carbons (Fsp3) is 0.273. The van der Waals surface area contributed by atoms with Crippen LogP contribution >= 0.6 is 0 Å². The van der Waals surface area contributed by atoms with E-state index in [1.54, 1.807) is 12.3 Å². The second-order valence-electron chi connectivity index (χ2n) is 3.11. The van der Waals surface area contributed by atoms with Gasteiger partial charge >= 0.3 is 0 Å². The van der Waals surface area contributed by atoms with E-state index in [2.05, 4.69) is 10.1 Å². The Morgan fingerprint density at radius 3 is 2.94 bits per heavy atom. The summed E-state index contributed by atoms with van der Waals surface area (Å²) in [6, 6.07) is 3.53. The zero-order valence-corrected chi connectivity index (χ0v) is 9.34. The van der Waals surface area contributed by atoms with Gasteiger partial charge in [0.05, 0.1) is 12.9 Å². The van der Waals surface area contributed by atoms with E-state index in [-0.39, 0.29) is 5.84 Å². The molecule has 0 bridgehead atoms. The summed E-state index contributed by atoms with van der Waals surface area (Å²) < 4.78 is 5.09. The van der Waals surface area contributed by atoms with Crippen LogP contribution in [0.3, 0.4) is 0 Å². The summed E-state index contributed by atoms with van der Waals surface area (Å²) >= 11 is 0. The first-order chi connectivity index (χ1) is 7.69. The maximum absolute atomic E-state index is 8.51. The van der Waals surface area contributed by atoms with Gasteiger partial charge < -0.3 is 15.7 Å². The van der Waals surface area contributed by atoms with Gasteiger partial charge in [-0.2, -0.15) is 0 Å². The molecule has 0 aliphatic rings. The van der Waals surface area contributed by atoms with Crippen molar-refractivity contribution in [3.63, 3.8) is 0 Å². The molecule has 1 aromatic rings. The quantitative estimate of drug-likeness (QED) is 0.265. The normalized spacial score (nSPS) is 12.0. The predicted octanol–water partition coefficient (Wildman–Crippen LogP) is 1.49. The predicted molar refractivity (Wildman–Crippen MR) is 62.1 cm³/mol. The molecule has 0 radical (unpaired) electrons. The molecule has 0 saturated carbocycles. The van der Waals surface area contributed by atoms with Gasteiger partial charge in [0, 0.05) is 5.69 Å².